The summed E-state index contributed by atoms with van der Waals surface area (Å²) in [4.78, 5) is 5.11. The number of benzene rings is 1. The summed E-state index contributed by atoms with van der Waals surface area (Å²) in [5.41, 5.74) is 3.02. The number of nitrogens with one attached hydrogen (secondary N) is 1. The summed E-state index contributed by atoms with van der Waals surface area (Å²) in [6, 6.07) is 8.70. The van der Waals surface area contributed by atoms with Crippen LogP contribution in [0.5, 0.6) is 0 Å². The van der Waals surface area contributed by atoms with Crippen LogP contribution in [0.25, 0.3) is 0 Å². The molecule has 0 radical (unpaired) electrons. The van der Waals surface area contributed by atoms with Gasteiger partial charge >= 0.3 is 0 Å². The van der Waals surface area contributed by atoms with E-state index in [9.17, 15) is 0 Å². The van der Waals surface area contributed by atoms with Crippen LogP contribution in [0.4, 0.5) is 5.69 Å². The zero-order chi connectivity index (χ0) is 13.9. The minimum Gasteiger partial charge on any atom is -0.369 e. The molecule has 1 heterocycles. The molecule has 106 valence electrons. The SMILES string of the molecule is CNCC(C)(C)N1CCN(c2ccccc2C)CC1. The van der Waals surface area contributed by atoms with E-state index in [1.54, 1.807) is 0 Å². The molecular formula is C16H27N3. The van der Waals surface area contributed by atoms with E-state index < -0.39 is 0 Å². The van der Waals surface area contributed by atoms with Crippen molar-refractivity contribution in [2.24, 2.45) is 0 Å². The third-order valence-corrected chi connectivity index (χ3v) is 4.20. The molecule has 1 aliphatic heterocycles. The highest BCUT2D eigenvalue weighted by Gasteiger charge is 2.29. The van der Waals surface area contributed by atoms with Gasteiger partial charge in [-0.3, -0.25) is 4.90 Å². The lowest BCUT2D eigenvalue weighted by Gasteiger charge is -2.45. The van der Waals surface area contributed by atoms with Gasteiger partial charge in [0.1, 0.15) is 0 Å². The quantitative estimate of drug-likeness (QED) is 0.895. The fourth-order valence-corrected chi connectivity index (χ4v) is 3.02. The monoisotopic (exact) mass is 261 g/mol. The summed E-state index contributed by atoms with van der Waals surface area (Å²) in [6.45, 7) is 12.4. The van der Waals surface area contributed by atoms with Gasteiger partial charge in [-0.15, -0.1) is 0 Å². The van der Waals surface area contributed by atoms with Gasteiger partial charge < -0.3 is 10.2 Å². The van der Waals surface area contributed by atoms with Crippen molar-refractivity contribution in [3.63, 3.8) is 0 Å². The summed E-state index contributed by atoms with van der Waals surface area (Å²) >= 11 is 0. The van der Waals surface area contributed by atoms with Crippen molar-refractivity contribution < 1.29 is 0 Å². The molecule has 1 aromatic rings. The first-order valence-corrected chi connectivity index (χ1v) is 7.25. The fourth-order valence-electron chi connectivity index (χ4n) is 3.02. The van der Waals surface area contributed by atoms with Gasteiger partial charge in [-0.25, -0.2) is 0 Å². The predicted molar refractivity (Wildman–Crippen MR) is 83.0 cm³/mol. The molecule has 0 bridgehead atoms. The van der Waals surface area contributed by atoms with Gasteiger partial charge in [0.15, 0.2) is 0 Å². The molecule has 0 spiro atoms. The molecule has 0 amide bonds. The van der Waals surface area contributed by atoms with E-state index in [0.29, 0.717) is 0 Å². The van der Waals surface area contributed by atoms with E-state index in [1.807, 2.05) is 7.05 Å². The number of anilines is 1. The van der Waals surface area contributed by atoms with Crippen LogP contribution in [0.15, 0.2) is 24.3 Å². The summed E-state index contributed by atoms with van der Waals surface area (Å²) in [7, 11) is 2.03. The Morgan fingerprint density at radius 3 is 2.32 bits per heavy atom. The lowest BCUT2D eigenvalue weighted by Crippen LogP contribution is -2.57. The highest BCUT2D eigenvalue weighted by molar-refractivity contribution is 5.53. The molecule has 0 aromatic heterocycles. The van der Waals surface area contributed by atoms with E-state index >= 15 is 0 Å². The predicted octanol–water partition coefficient (Wildman–Crippen LogP) is 2.12. The fraction of sp³-hybridized carbons (Fsp3) is 0.625. The van der Waals surface area contributed by atoms with Crippen LogP contribution in [0.1, 0.15) is 19.4 Å². The second kappa shape index (κ2) is 5.93. The van der Waals surface area contributed by atoms with Crippen LogP contribution in [0, 0.1) is 6.92 Å². The zero-order valence-electron chi connectivity index (χ0n) is 12.7. The summed E-state index contributed by atoms with van der Waals surface area (Å²) in [5, 5.41) is 3.30. The van der Waals surface area contributed by atoms with Crippen LogP contribution in [-0.4, -0.2) is 50.2 Å². The maximum absolute atomic E-state index is 3.30. The molecule has 0 aliphatic carbocycles. The van der Waals surface area contributed by atoms with Crippen molar-refractivity contribution in [3.05, 3.63) is 29.8 Å². The van der Waals surface area contributed by atoms with Gasteiger partial charge in [0.25, 0.3) is 0 Å². The van der Waals surface area contributed by atoms with Crippen LogP contribution in [0.3, 0.4) is 0 Å². The molecule has 0 atom stereocenters. The Labute approximate surface area is 117 Å². The Kier molecular flexibility index (Phi) is 4.48. The van der Waals surface area contributed by atoms with Gasteiger partial charge in [0, 0.05) is 44.0 Å². The average Bonchev–Trinajstić information content (AvgIpc) is 2.39. The summed E-state index contributed by atoms with van der Waals surface area (Å²) in [6.07, 6.45) is 0. The second-order valence-electron chi connectivity index (χ2n) is 6.10. The minimum atomic E-state index is 0.243. The van der Waals surface area contributed by atoms with E-state index in [1.165, 1.54) is 11.3 Å². The van der Waals surface area contributed by atoms with Crippen molar-refractivity contribution >= 4 is 5.69 Å². The first-order chi connectivity index (χ1) is 9.04. The number of aryl methyl sites for hydroxylation is 1. The molecule has 1 saturated heterocycles. The first kappa shape index (κ1) is 14.4. The molecule has 2 rings (SSSR count). The molecule has 3 nitrogen and oxygen atoms in total. The number of hydrogen-bond acceptors (Lipinski definition) is 3. The molecule has 0 saturated carbocycles. The van der Waals surface area contributed by atoms with Crippen molar-refractivity contribution in [1.82, 2.24) is 10.2 Å². The Morgan fingerprint density at radius 1 is 1.11 bits per heavy atom. The van der Waals surface area contributed by atoms with Crippen molar-refractivity contribution in [1.29, 1.82) is 0 Å². The lowest BCUT2D eigenvalue weighted by atomic mass is 10.0. The van der Waals surface area contributed by atoms with E-state index in [2.05, 4.69) is 60.2 Å². The molecule has 3 heteroatoms. The van der Waals surface area contributed by atoms with Gasteiger partial charge in [-0.1, -0.05) is 18.2 Å². The molecule has 1 aromatic carbocycles. The minimum absolute atomic E-state index is 0.243. The van der Waals surface area contributed by atoms with E-state index in [0.717, 1.165) is 32.7 Å². The third-order valence-electron chi connectivity index (χ3n) is 4.20. The Bertz CT molecular complexity index is 406. The normalized spacial score (nSPS) is 17.8. The molecule has 1 aliphatic rings. The van der Waals surface area contributed by atoms with Crippen LogP contribution >= 0.6 is 0 Å². The highest BCUT2D eigenvalue weighted by Crippen LogP contribution is 2.23. The number of para-hydroxylation sites is 1. The number of rotatable bonds is 4. The van der Waals surface area contributed by atoms with E-state index in [4.69, 9.17) is 0 Å². The van der Waals surface area contributed by atoms with Crippen LogP contribution in [0.2, 0.25) is 0 Å². The molecule has 19 heavy (non-hydrogen) atoms. The van der Waals surface area contributed by atoms with Gasteiger partial charge in [-0.2, -0.15) is 0 Å². The van der Waals surface area contributed by atoms with Crippen LogP contribution in [-0.2, 0) is 0 Å². The van der Waals surface area contributed by atoms with Crippen molar-refractivity contribution in [2.45, 2.75) is 26.3 Å². The molecular weight excluding hydrogens is 234 g/mol. The van der Waals surface area contributed by atoms with Crippen LogP contribution < -0.4 is 10.2 Å². The Hall–Kier alpha value is -1.06. The standard InChI is InChI=1S/C16H27N3/c1-14-7-5-6-8-15(14)18-9-11-19(12-10-18)16(2,3)13-17-4/h5-8,17H,9-13H2,1-4H3. The van der Waals surface area contributed by atoms with Gasteiger partial charge in [-0.05, 0) is 39.4 Å². The number of hydrogen-bond donors (Lipinski definition) is 1. The van der Waals surface area contributed by atoms with Crippen molar-refractivity contribution in [2.75, 3.05) is 44.7 Å². The highest BCUT2D eigenvalue weighted by atomic mass is 15.3. The Morgan fingerprint density at radius 2 is 1.74 bits per heavy atom. The van der Waals surface area contributed by atoms with Gasteiger partial charge in [0.2, 0.25) is 0 Å². The first-order valence-electron chi connectivity index (χ1n) is 7.25. The number of piperazine rings is 1. The van der Waals surface area contributed by atoms with Gasteiger partial charge in [0.05, 0.1) is 0 Å². The summed E-state index contributed by atoms with van der Waals surface area (Å²) in [5.74, 6) is 0. The lowest BCUT2D eigenvalue weighted by molar-refractivity contribution is 0.112. The Balaban J connectivity index is 1.98. The molecule has 1 N–H and O–H groups in total. The van der Waals surface area contributed by atoms with Crippen molar-refractivity contribution in [3.8, 4) is 0 Å². The zero-order valence-corrected chi connectivity index (χ0v) is 12.7. The third kappa shape index (κ3) is 3.28. The maximum Gasteiger partial charge on any atom is 0.0396 e. The maximum atomic E-state index is 3.30. The number of nitrogens with zero attached hydrogens (tertiary/aromatic N) is 2. The topological polar surface area (TPSA) is 18.5 Å². The smallest absolute Gasteiger partial charge is 0.0396 e. The molecule has 1 fully saturated rings. The average molecular weight is 261 g/mol. The largest absolute Gasteiger partial charge is 0.369 e. The van der Waals surface area contributed by atoms with E-state index in [-0.39, 0.29) is 5.54 Å². The number of likely N-dealkylation sites (N-methyl/N-ethyl adjacent to an activating group) is 1. The second-order valence-corrected chi connectivity index (χ2v) is 6.10. The molecule has 0 unspecified atom stereocenters. The summed E-state index contributed by atoms with van der Waals surface area (Å²) < 4.78 is 0.